The second-order valence-corrected chi connectivity index (χ2v) is 7.36. The van der Waals surface area contributed by atoms with Crippen LogP contribution in [0.2, 0.25) is 0 Å². The Hall–Kier alpha value is -2.12. The maximum Gasteiger partial charge on any atom is 0.240 e. The number of halogens is 1. The molecule has 24 heavy (non-hydrogen) atoms. The van der Waals surface area contributed by atoms with Crippen molar-refractivity contribution in [2.45, 2.75) is 5.37 Å². The minimum absolute atomic E-state index is 0.0562. The Morgan fingerprint density at radius 2 is 2.12 bits per heavy atom. The van der Waals surface area contributed by atoms with Gasteiger partial charge in [0.25, 0.3) is 0 Å². The van der Waals surface area contributed by atoms with E-state index in [-0.39, 0.29) is 17.1 Å². The number of carbonyl (C=O) groups excluding carboxylic acids is 1. The molecular weight excluding hydrogens is 347 g/mol. The third kappa shape index (κ3) is 2.53. The highest BCUT2D eigenvalue weighted by Crippen LogP contribution is 2.44. The van der Waals surface area contributed by atoms with Crippen LogP contribution >= 0.6 is 23.1 Å². The lowest BCUT2D eigenvalue weighted by atomic mass is 10.2. The molecule has 0 saturated carbocycles. The van der Waals surface area contributed by atoms with E-state index in [0.717, 1.165) is 16.0 Å². The Labute approximate surface area is 146 Å². The van der Waals surface area contributed by atoms with Gasteiger partial charge < -0.3 is 4.74 Å². The van der Waals surface area contributed by atoms with E-state index >= 15 is 0 Å². The Morgan fingerprint density at radius 1 is 1.29 bits per heavy atom. The number of anilines is 1. The number of rotatable bonds is 3. The van der Waals surface area contributed by atoms with Crippen molar-refractivity contribution in [2.24, 2.45) is 0 Å². The molecular formula is C17H13FN2O2S2. The van der Waals surface area contributed by atoms with E-state index in [0.29, 0.717) is 16.4 Å². The summed E-state index contributed by atoms with van der Waals surface area (Å²) in [5.41, 5.74) is 1.30. The molecule has 3 aromatic rings. The van der Waals surface area contributed by atoms with Crippen molar-refractivity contribution in [3.05, 3.63) is 53.8 Å². The largest absolute Gasteiger partial charge is 0.497 e. The normalized spacial score (nSPS) is 17.7. The van der Waals surface area contributed by atoms with Gasteiger partial charge in [0, 0.05) is 5.56 Å². The van der Waals surface area contributed by atoms with Crippen LogP contribution in [0.5, 0.6) is 5.75 Å². The van der Waals surface area contributed by atoms with Gasteiger partial charge in [-0.15, -0.1) is 11.8 Å². The van der Waals surface area contributed by atoms with Crippen LogP contribution in [-0.4, -0.2) is 23.8 Å². The van der Waals surface area contributed by atoms with Crippen molar-refractivity contribution in [1.29, 1.82) is 0 Å². The first-order valence-corrected chi connectivity index (χ1v) is 9.16. The van der Waals surface area contributed by atoms with E-state index in [2.05, 4.69) is 4.98 Å². The van der Waals surface area contributed by atoms with Crippen molar-refractivity contribution >= 4 is 44.4 Å². The molecule has 4 nitrogen and oxygen atoms in total. The van der Waals surface area contributed by atoms with Crippen LogP contribution in [0.3, 0.4) is 0 Å². The van der Waals surface area contributed by atoms with Crippen LogP contribution in [0.1, 0.15) is 10.9 Å². The molecule has 2 heterocycles. The molecule has 4 rings (SSSR count). The number of nitrogens with zero attached hydrogens (tertiary/aromatic N) is 2. The summed E-state index contributed by atoms with van der Waals surface area (Å²) in [6.07, 6.45) is 0. The molecule has 0 bridgehead atoms. The molecule has 1 aliphatic heterocycles. The molecule has 1 amide bonds. The zero-order valence-corrected chi connectivity index (χ0v) is 14.4. The number of benzene rings is 2. The van der Waals surface area contributed by atoms with E-state index in [1.165, 1.54) is 29.2 Å². The van der Waals surface area contributed by atoms with E-state index in [1.807, 2.05) is 18.2 Å². The first-order valence-electron chi connectivity index (χ1n) is 7.30. The highest BCUT2D eigenvalue weighted by atomic mass is 32.2. The summed E-state index contributed by atoms with van der Waals surface area (Å²) < 4.78 is 20.3. The Balaban J connectivity index is 1.78. The SMILES string of the molecule is COc1ccc2nc(N3C(=O)CSC3c3ccccc3F)sc2c1. The van der Waals surface area contributed by atoms with Crippen LogP contribution in [-0.2, 0) is 4.79 Å². The molecule has 0 radical (unpaired) electrons. The van der Waals surface area contributed by atoms with Crippen LogP contribution in [0, 0.1) is 5.82 Å². The minimum Gasteiger partial charge on any atom is -0.497 e. The predicted molar refractivity (Wildman–Crippen MR) is 95.3 cm³/mol. The van der Waals surface area contributed by atoms with Crippen LogP contribution in [0.15, 0.2) is 42.5 Å². The zero-order chi connectivity index (χ0) is 16.7. The lowest BCUT2D eigenvalue weighted by Gasteiger charge is -2.21. The standard InChI is InChI=1S/C17H13FN2O2S2/c1-22-10-6-7-13-14(8-10)24-17(19-13)20-15(21)9-23-16(20)11-4-2-3-5-12(11)18/h2-8,16H,9H2,1H3. The molecule has 7 heteroatoms. The lowest BCUT2D eigenvalue weighted by Crippen LogP contribution is -2.28. The highest BCUT2D eigenvalue weighted by molar-refractivity contribution is 8.00. The molecule has 122 valence electrons. The number of thiazole rings is 1. The Kier molecular flexibility index (Phi) is 3.90. The topological polar surface area (TPSA) is 42.4 Å². The number of hydrogen-bond acceptors (Lipinski definition) is 5. The summed E-state index contributed by atoms with van der Waals surface area (Å²) in [5, 5.41) is 0.197. The van der Waals surface area contributed by atoms with Crippen molar-refractivity contribution in [3.8, 4) is 5.75 Å². The van der Waals surface area contributed by atoms with Gasteiger partial charge in [-0.3, -0.25) is 9.69 Å². The molecule has 1 unspecified atom stereocenters. The predicted octanol–water partition coefficient (Wildman–Crippen LogP) is 4.22. The zero-order valence-electron chi connectivity index (χ0n) is 12.7. The smallest absolute Gasteiger partial charge is 0.240 e. The summed E-state index contributed by atoms with van der Waals surface area (Å²) in [7, 11) is 1.61. The van der Waals surface area contributed by atoms with Gasteiger partial charge in [0.2, 0.25) is 5.91 Å². The van der Waals surface area contributed by atoms with E-state index in [9.17, 15) is 9.18 Å². The number of carbonyl (C=O) groups is 1. The first kappa shape index (κ1) is 15.4. The van der Waals surface area contributed by atoms with Crippen LogP contribution < -0.4 is 9.64 Å². The molecule has 1 atom stereocenters. The number of amides is 1. The summed E-state index contributed by atoms with van der Waals surface area (Å²) in [4.78, 5) is 18.5. The van der Waals surface area contributed by atoms with Gasteiger partial charge in [-0.05, 0) is 24.3 Å². The molecule has 1 fully saturated rings. The lowest BCUT2D eigenvalue weighted by molar-refractivity contribution is -0.115. The minimum atomic E-state index is -0.388. The first-order chi connectivity index (χ1) is 11.7. The number of fused-ring (bicyclic) bond motifs is 1. The van der Waals surface area contributed by atoms with Crippen molar-refractivity contribution < 1.29 is 13.9 Å². The van der Waals surface area contributed by atoms with Crippen molar-refractivity contribution in [2.75, 3.05) is 17.8 Å². The van der Waals surface area contributed by atoms with Crippen molar-refractivity contribution in [3.63, 3.8) is 0 Å². The number of aromatic nitrogens is 1. The fourth-order valence-electron chi connectivity index (χ4n) is 2.66. The molecule has 0 spiro atoms. The van der Waals surface area contributed by atoms with Gasteiger partial charge in [0.15, 0.2) is 5.13 Å². The van der Waals surface area contributed by atoms with E-state index in [4.69, 9.17) is 4.74 Å². The molecule has 1 aromatic heterocycles. The molecule has 0 N–H and O–H groups in total. The molecule has 2 aromatic carbocycles. The maximum atomic E-state index is 14.2. The van der Waals surface area contributed by atoms with Gasteiger partial charge in [0.05, 0.1) is 23.1 Å². The van der Waals surface area contributed by atoms with Gasteiger partial charge in [0.1, 0.15) is 16.9 Å². The third-order valence-corrected chi connectivity index (χ3v) is 6.04. The highest BCUT2D eigenvalue weighted by Gasteiger charge is 2.37. The summed E-state index contributed by atoms with van der Waals surface area (Å²) in [6, 6.07) is 12.1. The molecule has 0 aliphatic carbocycles. The number of ether oxygens (including phenoxy) is 1. The van der Waals surface area contributed by atoms with Crippen LogP contribution in [0.25, 0.3) is 10.2 Å². The van der Waals surface area contributed by atoms with Gasteiger partial charge in [-0.2, -0.15) is 0 Å². The second kappa shape index (κ2) is 6.07. The van der Waals surface area contributed by atoms with E-state index in [1.54, 1.807) is 30.2 Å². The van der Waals surface area contributed by atoms with E-state index < -0.39 is 0 Å². The summed E-state index contributed by atoms with van der Waals surface area (Å²) in [5.74, 6) is 0.695. The Morgan fingerprint density at radius 3 is 2.92 bits per heavy atom. The van der Waals surface area contributed by atoms with Crippen molar-refractivity contribution in [1.82, 2.24) is 4.98 Å². The van der Waals surface area contributed by atoms with Crippen LogP contribution in [0.4, 0.5) is 9.52 Å². The average molecular weight is 360 g/mol. The Bertz CT molecular complexity index is 928. The molecule has 1 aliphatic rings. The fraction of sp³-hybridized carbons (Fsp3) is 0.176. The summed E-state index contributed by atoms with van der Waals surface area (Å²) >= 11 is 2.83. The van der Waals surface area contributed by atoms with Gasteiger partial charge in [-0.1, -0.05) is 29.5 Å². The second-order valence-electron chi connectivity index (χ2n) is 5.28. The monoisotopic (exact) mass is 360 g/mol. The fourth-order valence-corrected chi connectivity index (χ4v) is 4.94. The quantitative estimate of drug-likeness (QED) is 0.701. The third-order valence-electron chi connectivity index (χ3n) is 3.83. The number of hydrogen-bond donors (Lipinski definition) is 0. The van der Waals surface area contributed by atoms with Gasteiger partial charge >= 0.3 is 0 Å². The average Bonchev–Trinajstić information content (AvgIpc) is 3.17. The molecule has 1 saturated heterocycles. The summed E-state index contributed by atoms with van der Waals surface area (Å²) in [6.45, 7) is 0. The van der Waals surface area contributed by atoms with Gasteiger partial charge in [-0.25, -0.2) is 9.37 Å². The number of methoxy groups -OCH3 is 1. The maximum absolute atomic E-state index is 14.2. The number of thioether (sulfide) groups is 1.